The quantitative estimate of drug-likeness (QED) is 0.382. The monoisotopic (exact) mass is 392 g/mol. The Morgan fingerprint density at radius 2 is 2.07 bits per heavy atom. The predicted octanol–water partition coefficient (Wildman–Crippen LogP) is 5.57. The summed E-state index contributed by atoms with van der Waals surface area (Å²) in [6.45, 7) is 5.71. The SMILES string of the molecule is C=CCOc1ccc(-c2cnc3cc(/C=C/CCCC(C)O)ccc3n2)c(F)c1. The fourth-order valence-corrected chi connectivity index (χ4v) is 2.96. The Morgan fingerprint density at radius 3 is 2.83 bits per heavy atom. The summed E-state index contributed by atoms with van der Waals surface area (Å²) in [5.41, 5.74) is 3.36. The smallest absolute Gasteiger partial charge is 0.136 e. The second-order valence-electron chi connectivity index (χ2n) is 6.93. The first-order valence-electron chi connectivity index (χ1n) is 9.72. The molecule has 1 N–H and O–H groups in total. The summed E-state index contributed by atoms with van der Waals surface area (Å²) in [5, 5.41) is 9.28. The van der Waals surface area contributed by atoms with Crippen molar-refractivity contribution in [3.63, 3.8) is 0 Å². The first-order chi connectivity index (χ1) is 14.1. The average molecular weight is 392 g/mol. The number of aliphatic hydroxyl groups excluding tert-OH is 1. The van der Waals surface area contributed by atoms with Crippen molar-refractivity contribution in [1.82, 2.24) is 9.97 Å². The maximum Gasteiger partial charge on any atom is 0.136 e. The average Bonchev–Trinajstić information content (AvgIpc) is 2.71. The van der Waals surface area contributed by atoms with E-state index < -0.39 is 5.82 Å². The van der Waals surface area contributed by atoms with Gasteiger partial charge in [0.15, 0.2) is 0 Å². The molecule has 1 heterocycles. The third-order valence-electron chi connectivity index (χ3n) is 4.45. The van der Waals surface area contributed by atoms with Crippen LogP contribution in [0.2, 0.25) is 0 Å². The summed E-state index contributed by atoms with van der Waals surface area (Å²) in [7, 11) is 0. The van der Waals surface area contributed by atoms with E-state index in [0.29, 0.717) is 29.1 Å². The fraction of sp³-hybridized carbons (Fsp3) is 0.250. The van der Waals surface area contributed by atoms with Crippen LogP contribution in [-0.2, 0) is 0 Å². The summed E-state index contributed by atoms with van der Waals surface area (Å²) < 4.78 is 19.8. The highest BCUT2D eigenvalue weighted by Crippen LogP contribution is 2.26. The molecule has 0 amide bonds. The molecule has 0 radical (unpaired) electrons. The molecule has 150 valence electrons. The Balaban J connectivity index is 1.75. The Morgan fingerprint density at radius 1 is 1.21 bits per heavy atom. The topological polar surface area (TPSA) is 55.2 Å². The van der Waals surface area contributed by atoms with Crippen molar-refractivity contribution in [2.75, 3.05) is 6.61 Å². The second-order valence-corrected chi connectivity index (χ2v) is 6.93. The molecule has 0 bridgehead atoms. The zero-order valence-electron chi connectivity index (χ0n) is 16.5. The summed E-state index contributed by atoms with van der Waals surface area (Å²) in [5.74, 6) is 0.0433. The number of hydrogen-bond donors (Lipinski definition) is 1. The van der Waals surface area contributed by atoms with Crippen LogP contribution in [0.4, 0.5) is 4.39 Å². The molecule has 29 heavy (non-hydrogen) atoms. The minimum atomic E-state index is -0.406. The zero-order chi connectivity index (χ0) is 20.6. The van der Waals surface area contributed by atoms with Gasteiger partial charge in [-0.15, -0.1) is 0 Å². The Hall–Kier alpha value is -3.05. The van der Waals surface area contributed by atoms with Gasteiger partial charge < -0.3 is 9.84 Å². The molecule has 0 fully saturated rings. The van der Waals surface area contributed by atoms with E-state index >= 15 is 0 Å². The van der Waals surface area contributed by atoms with Gasteiger partial charge in [0, 0.05) is 11.6 Å². The van der Waals surface area contributed by atoms with Crippen LogP contribution in [0.5, 0.6) is 5.75 Å². The molecule has 1 atom stereocenters. The van der Waals surface area contributed by atoms with Crippen molar-refractivity contribution in [3.05, 3.63) is 72.7 Å². The molecular formula is C24H25FN2O2. The van der Waals surface area contributed by atoms with Gasteiger partial charge in [0.25, 0.3) is 0 Å². The van der Waals surface area contributed by atoms with Crippen LogP contribution in [0.15, 0.2) is 61.3 Å². The molecule has 0 spiro atoms. The van der Waals surface area contributed by atoms with Crippen molar-refractivity contribution in [2.45, 2.75) is 32.3 Å². The van der Waals surface area contributed by atoms with Crippen LogP contribution >= 0.6 is 0 Å². The number of halogens is 1. The fourth-order valence-electron chi connectivity index (χ4n) is 2.96. The number of rotatable bonds is 9. The molecular weight excluding hydrogens is 367 g/mol. The minimum Gasteiger partial charge on any atom is -0.489 e. The van der Waals surface area contributed by atoms with E-state index in [1.807, 2.05) is 24.3 Å². The van der Waals surface area contributed by atoms with E-state index in [1.165, 1.54) is 6.07 Å². The van der Waals surface area contributed by atoms with Crippen molar-refractivity contribution in [3.8, 4) is 17.0 Å². The highest BCUT2D eigenvalue weighted by Gasteiger charge is 2.10. The Bertz CT molecular complexity index is 1010. The maximum atomic E-state index is 14.5. The molecule has 5 heteroatoms. The Labute approximate surface area is 170 Å². The van der Waals surface area contributed by atoms with Gasteiger partial charge in [0.05, 0.1) is 29.0 Å². The number of fused-ring (bicyclic) bond motifs is 1. The molecule has 3 rings (SSSR count). The number of ether oxygens (including phenoxy) is 1. The van der Waals surface area contributed by atoms with Crippen LogP contribution in [0.1, 0.15) is 31.7 Å². The van der Waals surface area contributed by atoms with Crippen molar-refractivity contribution < 1.29 is 14.2 Å². The first-order valence-corrected chi connectivity index (χ1v) is 9.72. The number of aliphatic hydroxyl groups is 1. The van der Waals surface area contributed by atoms with Crippen LogP contribution in [0.3, 0.4) is 0 Å². The lowest BCUT2D eigenvalue weighted by molar-refractivity contribution is 0.182. The molecule has 3 aromatic rings. The zero-order valence-corrected chi connectivity index (χ0v) is 16.5. The van der Waals surface area contributed by atoms with Gasteiger partial charge in [-0.25, -0.2) is 9.37 Å². The highest BCUT2D eigenvalue weighted by molar-refractivity contribution is 5.79. The molecule has 1 aromatic heterocycles. The Kier molecular flexibility index (Phi) is 7.09. The largest absolute Gasteiger partial charge is 0.489 e. The number of allylic oxidation sites excluding steroid dienone is 1. The molecule has 0 saturated carbocycles. The molecule has 0 aliphatic carbocycles. The molecule has 0 aliphatic rings. The van der Waals surface area contributed by atoms with Gasteiger partial charge in [-0.3, -0.25) is 4.98 Å². The predicted molar refractivity (Wildman–Crippen MR) is 115 cm³/mol. The lowest BCUT2D eigenvalue weighted by Crippen LogP contribution is -1.97. The van der Waals surface area contributed by atoms with Crippen LogP contribution in [0, 0.1) is 5.82 Å². The first kappa shape index (κ1) is 20.7. The summed E-state index contributed by atoms with van der Waals surface area (Å²) in [6, 6.07) is 10.5. The van der Waals surface area contributed by atoms with Gasteiger partial charge in [0.2, 0.25) is 0 Å². The number of benzene rings is 2. The minimum absolute atomic E-state index is 0.255. The van der Waals surface area contributed by atoms with E-state index in [9.17, 15) is 9.50 Å². The third kappa shape index (κ3) is 5.72. The van der Waals surface area contributed by atoms with Gasteiger partial charge in [-0.2, -0.15) is 0 Å². The normalized spacial score (nSPS) is 12.4. The van der Waals surface area contributed by atoms with Gasteiger partial charge in [-0.05, 0) is 56.0 Å². The molecule has 1 unspecified atom stereocenters. The number of unbranched alkanes of at least 4 members (excludes halogenated alkanes) is 1. The maximum absolute atomic E-state index is 14.5. The lowest BCUT2D eigenvalue weighted by Gasteiger charge is -2.07. The van der Waals surface area contributed by atoms with Crippen LogP contribution < -0.4 is 4.74 Å². The summed E-state index contributed by atoms with van der Waals surface area (Å²) in [6.07, 6.45) is 9.74. The third-order valence-corrected chi connectivity index (χ3v) is 4.45. The van der Waals surface area contributed by atoms with Crippen molar-refractivity contribution in [1.29, 1.82) is 0 Å². The van der Waals surface area contributed by atoms with Gasteiger partial charge in [0.1, 0.15) is 18.2 Å². The number of hydrogen-bond acceptors (Lipinski definition) is 4. The standard InChI is InChI=1S/C24H25FN2O2/c1-3-13-29-19-10-11-20(21(25)15-19)24-16-26-23-14-18(9-12-22(23)27-24)8-6-4-5-7-17(2)28/h3,6,8-12,14-17,28H,1,4-5,7,13H2,2H3/b8-6+. The van der Waals surface area contributed by atoms with E-state index in [1.54, 1.807) is 31.3 Å². The molecule has 4 nitrogen and oxygen atoms in total. The second kappa shape index (κ2) is 9.94. The molecule has 0 aliphatic heterocycles. The van der Waals surface area contributed by atoms with E-state index in [2.05, 4.69) is 22.6 Å². The van der Waals surface area contributed by atoms with Crippen molar-refractivity contribution in [2.24, 2.45) is 0 Å². The number of nitrogens with zero attached hydrogens (tertiary/aromatic N) is 2. The highest BCUT2D eigenvalue weighted by atomic mass is 19.1. The summed E-state index contributed by atoms with van der Waals surface area (Å²) in [4.78, 5) is 9.02. The van der Waals surface area contributed by atoms with Crippen LogP contribution in [-0.4, -0.2) is 27.8 Å². The van der Waals surface area contributed by atoms with Gasteiger partial charge >= 0.3 is 0 Å². The number of aromatic nitrogens is 2. The molecule has 2 aromatic carbocycles. The van der Waals surface area contributed by atoms with Crippen LogP contribution in [0.25, 0.3) is 28.4 Å². The molecule has 0 saturated heterocycles. The van der Waals surface area contributed by atoms with E-state index in [4.69, 9.17) is 4.74 Å². The lowest BCUT2D eigenvalue weighted by atomic mass is 10.1. The van der Waals surface area contributed by atoms with E-state index in [0.717, 1.165) is 30.3 Å². The van der Waals surface area contributed by atoms with Gasteiger partial charge in [-0.1, -0.05) is 30.9 Å². The van der Waals surface area contributed by atoms with Crippen molar-refractivity contribution >= 4 is 17.1 Å². The summed E-state index contributed by atoms with van der Waals surface area (Å²) >= 11 is 0. The van der Waals surface area contributed by atoms with E-state index in [-0.39, 0.29) is 6.10 Å².